The van der Waals surface area contributed by atoms with Crippen LogP contribution in [0.2, 0.25) is 0 Å². The fourth-order valence-corrected chi connectivity index (χ4v) is 4.49. The number of hydrogen-bond donors (Lipinski definition) is 0. The van der Waals surface area contributed by atoms with Crippen molar-refractivity contribution < 1.29 is 4.74 Å². The van der Waals surface area contributed by atoms with Crippen molar-refractivity contribution in [2.45, 2.75) is 12.0 Å². The lowest BCUT2D eigenvalue weighted by molar-refractivity contribution is 0.0347. The molecule has 6 nitrogen and oxygen atoms in total. The van der Waals surface area contributed by atoms with E-state index in [-0.39, 0.29) is 0 Å². The summed E-state index contributed by atoms with van der Waals surface area (Å²) in [6.07, 6.45) is 4.70. The molecule has 0 saturated carbocycles. The normalized spacial score (nSPS) is 21.0. The molecule has 1 fully saturated rings. The number of aliphatic imine (C=N–C) groups is 2. The Labute approximate surface area is 195 Å². The molecule has 0 radical (unpaired) electrons. The van der Waals surface area contributed by atoms with Crippen molar-refractivity contribution in [1.82, 2.24) is 4.90 Å². The highest BCUT2D eigenvalue weighted by Gasteiger charge is 2.41. The van der Waals surface area contributed by atoms with E-state index in [0.717, 1.165) is 25.1 Å². The van der Waals surface area contributed by atoms with E-state index in [1.165, 1.54) is 16.7 Å². The Balaban J connectivity index is 1.58. The highest BCUT2D eigenvalue weighted by molar-refractivity contribution is 6.05. The minimum absolute atomic E-state index is 0.504. The highest BCUT2D eigenvalue weighted by Crippen LogP contribution is 2.30. The van der Waals surface area contributed by atoms with Crippen molar-refractivity contribution in [3.63, 3.8) is 0 Å². The number of ether oxygens (including phenoxy) is 1. The Morgan fingerprint density at radius 1 is 1.06 bits per heavy atom. The average Bonchev–Trinajstić information content (AvgIpc) is 3.26. The molecule has 2 aliphatic heterocycles. The molecule has 1 unspecified atom stereocenters. The monoisotopic (exact) mass is 437 g/mol. The lowest BCUT2D eigenvalue weighted by Gasteiger charge is -2.35. The second kappa shape index (κ2) is 10.4. The predicted molar refractivity (Wildman–Crippen MR) is 130 cm³/mol. The van der Waals surface area contributed by atoms with Gasteiger partial charge in [0.15, 0.2) is 5.92 Å². The van der Waals surface area contributed by atoms with Crippen molar-refractivity contribution in [2.75, 3.05) is 39.9 Å². The largest absolute Gasteiger partial charge is 0.379 e. The molecule has 1 saturated heterocycles. The number of allylic oxidation sites excluding steroid dienone is 1. The Bertz CT molecular complexity index is 1120. The van der Waals surface area contributed by atoms with Gasteiger partial charge in [0, 0.05) is 32.9 Å². The molecule has 33 heavy (non-hydrogen) atoms. The molecule has 1 atom stereocenters. The van der Waals surface area contributed by atoms with E-state index in [0.29, 0.717) is 25.5 Å². The van der Waals surface area contributed by atoms with Crippen LogP contribution in [-0.4, -0.2) is 62.3 Å². The molecule has 0 N–H and O–H groups in total. The third-order valence-corrected chi connectivity index (χ3v) is 6.14. The van der Waals surface area contributed by atoms with Gasteiger partial charge < -0.3 is 4.74 Å². The summed E-state index contributed by atoms with van der Waals surface area (Å²) in [4.78, 5) is 11.5. The minimum atomic E-state index is -0.936. The Morgan fingerprint density at radius 2 is 1.73 bits per heavy atom. The molecule has 2 aromatic carbocycles. The fraction of sp³-hybridized carbons (Fsp3) is 0.333. The van der Waals surface area contributed by atoms with Crippen molar-refractivity contribution in [2.24, 2.45) is 15.9 Å². The molecule has 2 heterocycles. The number of benzene rings is 2. The van der Waals surface area contributed by atoms with E-state index in [1.807, 2.05) is 24.4 Å². The zero-order chi connectivity index (χ0) is 23.1. The molecule has 4 rings (SSSR count). The molecule has 0 bridgehead atoms. The van der Waals surface area contributed by atoms with Crippen LogP contribution in [-0.2, 0) is 11.2 Å². The minimum Gasteiger partial charge on any atom is -0.379 e. The van der Waals surface area contributed by atoms with E-state index in [1.54, 1.807) is 7.05 Å². The van der Waals surface area contributed by atoms with Gasteiger partial charge in [0.2, 0.25) is 0 Å². The summed E-state index contributed by atoms with van der Waals surface area (Å²) in [6, 6.07) is 23.0. The summed E-state index contributed by atoms with van der Waals surface area (Å²) in [5.74, 6) is -0.936. The Morgan fingerprint density at radius 3 is 2.36 bits per heavy atom. The first-order valence-corrected chi connectivity index (χ1v) is 11.2. The molecular weight excluding hydrogens is 410 g/mol. The van der Waals surface area contributed by atoms with Crippen LogP contribution < -0.4 is 0 Å². The number of morpholine rings is 1. The topological polar surface area (TPSA) is 84.8 Å². The molecule has 2 aromatic rings. The average molecular weight is 438 g/mol. The quantitative estimate of drug-likeness (QED) is 0.618. The van der Waals surface area contributed by atoms with E-state index < -0.39 is 11.5 Å². The van der Waals surface area contributed by atoms with Gasteiger partial charge in [-0.1, -0.05) is 54.6 Å². The van der Waals surface area contributed by atoms with Gasteiger partial charge in [-0.3, -0.25) is 14.9 Å². The third-order valence-electron chi connectivity index (χ3n) is 6.14. The summed E-state index contributed by atoms with van der Waals surface area (Å²) < 4.78 is 5.48. The summed E-state index contributed by atoms with van der Waals surface area (Å²) in [6.45, 7) is 3.51. The van der Waals surface area contributed by atoms with Crippen molar-refractivity contribution in [1.29, 1.82) is 10.5 Å². The number of hydrogen-bond acceptors (Lipinski definition) is 6. The van der Waals surface area contributed by atoms with Crippen LogP contribution in [0.3, 0.4) is 0 Å². The molecule has 2 aliphatic rings. The second-order valence-electron chi connectivity index (χ2n) is 8.33. The van der Waals surface area contributed by atoms with Gasteiger partial charge in [0.1, 0.15) is 5.54 Å². The summed E-state index contributed by atoms with van der Waals surface area (Å²) in [5, 5.41) is 19.1. The van der Waals surface area contributed by atoms with Crippen LogP contribution in [0.5, 0.6) is 0 Å². The lowest BCUT2D eigenvalue weighted by atomic mass is 9.84. The molecule has 6 heteroatoms. The van der Waals surface area contributed by atoms with Crippen molar-refractivity contribution in [3.8, 4) is 23.3 Å². The molecule has 0 amide bonds. The van der Waals surface area contributed by atoms with E-state index in [2.05, 4.69) is 64.5 Å². The number of nitriles is 2. The first-order chi connectivity index (χ1) is 16.2. The lowest BCUT2D eigenvalue weighted by Crippen LogP contribution is -2.50. The summed E-state index contributed by atoms with van der Waals surface area (Å²) >= 11 is 0. The number of rotatable bonds is 7. The van der Waals surface area contributed by atoms with Crippen LogP contribution in [0.1, 0.15) is 5.56 Å². The van der Waals surface area contributed by atoms with E-state index in [9.17, 15) is 10.5 Å². The molecule has 0 aliphatic carbocycles. The first-order valence-electron chi connectivity index (χ1n) is 11.2. The molecule has 0 spiro atoms. The van der Waals surface area contributed by atoms with Gasteiger partial charge in [-0.25, -0.2) is 0 Å². The van der Waals surface area contributed by atoms with E-state index >= 15 is 0 Å². The standard InChI is InChI=1S/C27H27N5O/c1-30-26(25(17-28)18-29)27(20-32-11-13-33-14-12-32)16-22(19-31-27)15-21-7-9-24(10-8-21)23-5-3-2-4-6-23/h2-10,16,19,25H,11-15,20H2,1H3. The summed E-state index contributed by atoms with van der Waals surface area (Å²) in [5.41, 5.74) is 4.32. The van der Waals surface area contributed by atoms with Crippen LogP contribution in [0, 0.1) is 28.6 Å². The predicted octanol–water partition coefficient (Wildman–Crippen LogP) is 3.71. The maximum atomic E-state index is 9.57. The van der Waals surface area contributed by atoms with Crippen LogP contribution in [0.25, 0.3) is 11.1 Å². The molecule has 0 aromatic heterocycles. The van der Waals surface area contributed by atoms with Crippen molar-refractivity contribution in [3.05, 3.63) is 71.8 Å². The molecular formula is C27H27N5O. The van der Waals surface area contributed by atoms with Gasteiger partial charge >= 0.3 is 0 Å². The van der Waals surface area contributed by atoms with Gasteiger partial charge in [-0.15, -0.1) is 0 Å². The van der Waals surface area contributed by atoms with Crippen LogP contribution in [0.15, 0.2) is 76.2 Å². The highest BCUT2D eigenvalue weighted by atomic mass is 16.5. The maximum Gasteiger partial charge on any atom is 0.173 e. The van der Waals surface area contributed by atoms with Crippen LogP contribution >= 0.6 is 0 Å². The SMILES string of the molecule is CN=C(C(C#N)C#N)C1(CN2CCOCC2)C=C(Cc2ccc(-c3ccccc3)cc2)C=N1. The third kappa shape index (κ3) is 5.09. The van der Waals surface area contributed by atoms with E-state index in [4.69, 9.17) is 9.73 Å². The van der Waals surface area contributed by atoms with Gasteiger partial charge in [-0.05, 0) is 34.8 Å². The Kier molecular flexibility index (Phi) is 7.10. The summed E-state index contributed by atoms with van der Waals surface area (Å²) in [7, 11) is 1.64. The first kappa shape index (κ1) is 22.6. The van der Waals surface area contributed by atoms with Gasteiger partial charge in [-0.2, -0.15) is 10.5 Å². The zero-order valence-corrected chi connectivity index (χ0v) is 18.8. The number of nitrogens with zero attached hydrogens (tertiary/aromatic N) is 5. The zero-order valence-electron chi connectivity index (χ0n) is 18.8. The smallest absolute Gasteiger partial charge is 0.173 e. The fourth-order valence-electron chi connectivity index (χ4n) is 4.49. The van der Waals surface area contributed by atoms with Gasteiger partial charge in [0.05, 0.1) is 31.1 Å². The van der Waals surface area contributed by atoms with Crippen LogP contribution in [0.4, 0.5) is 0 Å². The Hall–Kier alpha value is -3.58. The van der Waals surface area contributed by atoms with Gasteiger partial charge in [0.25, 0.3) is 0 Å². The second-order valence-corrected chi connectivity index (χ2v) is 8.33. The van der Waals surface area contributed by atoms with Crippen molar-refractivity contribution >= 4 is 11.9 Å². The molecule has 166 valence electrons. The maximum absolute atomic E-state index is 9.57.